The number of methoxy groups -OCH3 is 1. The van der Waals surface area contributed by atoms with Gasteiger partial charge in [-0.25, -0.2) is 0 Å². The molecule has 6 heteroatoms. The first-order valence-electron chi connectivity index (χ1n) is 5.81. The van der Waals surface area contributed by atoms with Crippen molar-refractivity contribution in [1.29, 1.82) is 0 Å². The van der Waals surface area contributed by atoms with Crippen molar-refractivity contribution < 1.29 is 19.7 Å². The van der Waals surface area contributed by atoms with E-state index < -0.39 is 11.9 Å². The highest BCUT2D eigenvalue weighted by Crippen LogP contribution is 2.34. The van der Waals surface area contributed by atoms with E-state index >= 15 is 0 Å². The molecule has 0 bridgehead atoms. The average molecular weight is 288 g/mol. The number of hydrogen-bond donors (Lipinski definition) is 2. The first kappa shape index (κ1) is 15.6. The largest absolute Gasteiger partial charge is 0.504 e. The summed E-state index contributed by atoms with van der Waals surface area (Å²) in [5.74, 6) is -0.989. The van der Waals surface area contributed by atoms with Gasteiger partial charge in [-0.05, 0) is 13.1 Å². The molecule has 0 aromatic heterocycles. The van der Waals surface area contributed by atoms with E-state index in [4.69, 9.17) is 21.4 Å². The van der Waals surface area contributed by atoms with E-state index in [0.29, 0.717) is 29.4 Å². The molecular formula is C13H18ClNO4. The summed E-state index contributed by atoms with van der Waals surface area (Å²) in [6.45, 7) is 2.40. The minimum absolute atomic E-state index is 0.0294. The Morgan fingerprint density at radius 2 is 2.16 bits per heavy atom. The van der Waals surface area contributed by atoms with E-state index in [-0.39, 0.29) is 5.75 Å². The van der Waals surface area contributed by atoms with Crippen molar-refractivity contribution in [2.45, 2.75) is 13.5 Å². The second-order valence-corrected chi connectivity index (χ2v) is 4.99. The molecule has 5 nitrogen and oxygen atoms in total. The lowest BCUT2D eigenvalue weighted by Gasteiger charge is -2.20. The lowest BCUT2D eigenvalue weighted by molar-refractivity contribution is -0.141. The summed E-state index contributed by atoms with van der Waals surface area (Å²) in [5, 5.41) is 19.3. The molecule has 0 radical (unpaired) electrons. The molecule has 2 N–H and O–H groups in total. The minimum atomic E-state index is -0.847. The van der Waals surface area contributed by atoms with E-state index in [1.165, 1.54) is 13.2 Å². The quantitative estimate of drug-likeness (QED) is 0.839. The van der Waals surface area contributed by atoms with Crippen molar-refractivity contribution in [1.82, 2.24) is 4.90 Å². The van der Waals surface area contributed by atoms with Gasteiger partial charge in [-0.1, -0.05) is 18.5 Å². The highest BCUT2D eigenvalue weighted by atomic mass is 35.5. The molecule has 0 aliphatic heterocycles. The molecule has 1 aromatic rings. The number of benzene rings is 1. The number of phenols is 1. The number of halogens is 1. The molecule has 0 aliphatic rings. The maximum atomic E-state index is 10.8. The Morgan fingerprint density at radius 3 is 2.68 bits per heavy atom. The zero-order valence-corrected chi connectivity index (χ0v) is 11.9. The van der Waals surface area contributed by atoms with E-state index in [2.05, 4.69) is 0 Å². The summed E-state index contributed by atoms with van der Waals surface area (Å²) in [4.78, 5) is 12.6. The van der Waals surface area contributed by atoms with Crippen LogP contribution in [0.25, 0.3) is 0 Å². The summed E-state index contributed by atoms with van der Waals surface area (Å²) in [5.41, 5.74) is 0.601. The Hall–Kier alpha value is -1.46. The van der Waals surface area contributed by atoms with Crippen LogP contribution in [0.15, 0.2) is 12.1 Å². The van der Waals surface area contributed by atoms with Gasteiger partial charge in [0.15, 0.2) is 11.5 Å². The second kappa shape index (κ2) is 6.63. The molecule has 0 saturated heterocycles. The number of carboxylic acid groups (broad SMARTS) is 1. The molecule has 0 spiro atoms. The van der Waals surface area contributed by atoms with Crippen LogP contribution in [-0.2, 0) is 11.3 Å². The molecule has 1 atom stereocenters. The van der Waals surface area contributed by atoms with Crippen molar-refractivity contribution in [2.24, 2.45) is 5.92 Å². The third-order valence-electron chi connectivity index (χ3n) is 2.79. The van der Waals surface area contributed by atoms with E-state index in [0.717, 1.165) is 0 Å². The normalized spacial score (nSPS) is 12.5. The summed E-state index contributed by atoms with van der Waals surface area (Å²) in [6, 6.07) is 3.17. The number of nitrogens with zero attached hydrogens (tertiary/aromatic N) is 1. The Labute approximate surface area is 117 Å². The van der Waals surface area contributed by atoms with Gasteiger partial charge < -0.3 is 19.8 Å². The van der Waals surface area contributed by atoms with Gasteiger partial charge in [-0.2, -0.15) is 0 Å². The predicted octanol–water partition coefficient (Wildman–Crippen LogP) is 2.21. The third kappa shape index (κ3) is 4.29. The van der Waals surface area contributed by atoms with Crippen molar-refractivity contribution in [3.8, 4) is 11.5 Å². The summed E-state index contributed by atoms with van der Waals surface area (Å²) in [6.07, 6.45) is 0. The molecule has 1 aromatic carbocycles. The van der Waals surface area contributed by atoms with Gasteiger partial charge in [0.05, 0.1) is 13.0 Å². The lowest BCUT2D eigenvalue weighted by Crippen LogP contribution is -2.28. The first-order valence-corrected chi connectivity index (χ1v) is 6.19. The number of carbonyl (C=O) groups is 1. The summed E-state index contributed by atoms with van der Waals surface area (Å²) < 4.78 is 5.02. The van der Waals surface area contributed by atoms with Crippen LogP contribution >= 0.6 is 11.6 Å². The standard InChI is InChI=1S/C13H18ClNO4/c1-8(13(17)18)6-15(2)7-9-4-10(14)5-11(19-3)12(9)16/h4-5,8,16H,6-7H2,1-3H3,(H,17,18). The minimum Gasteiger partial charge on any atom is -0.504 e. The Morgan fingerprint density at radius 1 is 1.53 bits per heavy atom. The Kier molecular flexibility index (Phi) is 5.44. The smallest absolute Gasteiger partial charge is 0.307 e. The fourth-order valence-corrected chi connectivity index (χ4v) is 2.04. The number of ether oxygens (including phenoxy) is 1. The number of aromatic hydroxyl groups is 1. The zero-order valence-electron chi connectivity index (χ0n) is 11.2. The van der Waals surface area contributed by atoms with Crippen LogP contribution in [0.5, 0.6) is 11.5 Å². The SMILES string of the molecule is COc1cc(Cl)cc(CN(C)CC(C)C(=O)O)c1O. The molecule has 1 unspecified atom stereocenters. The van der Waals surface area contributed by atoms with E-state index in [9.17, 15) is 9.90 Å². The van der Waals surface area contributed by atoms with Crippen LogP contribution in [0, 0.1) is 5.92 Å². The van der Waals surface area contributed by atoms with Gasteiger partial charge in [0, 0.05) is 29.7 Å². The van der Waals surface area contributed by atoms with Gasteiger partial charge in [0.2, 0.25) is 0 Å². The summed E-state index contributed by atoms with van der Waals surface area (Å²) >= 11 is 5.94. The van der Waals surface area contributed by atoms with Gasteiger partial charge in [-0.15, -0.1) is 0 Å². The number of phenolic OH excluding ortho intramolecular Hbond substituents is 1. The van der Waals surface area contributed by atoms with Crippen LogP contribution < -0.4 is 4.74 Å². The number of hydrogen-bond acceptors (Lipinski definition) is 4. The molecule has 1 rings (SSSR count). The first-order chi connectivity index (χ1) is 8.85. The van der Waals surface area contributed by atoms with Crippen LogP contribution in [-0.4, -0.2) is 41.8 Å². The highest BCUT2D eigenvalue weighted by Gasteiger charge is 2.16. The Balaban J connectivity index is 2.82. The lowest BCUT2D eigenvalue weighted by atomic mass is 10.1. The fraction of sp³-hybridized carbons (Fsp3) is 0.462. The van der Waals surface area contributed by atoms with Gasteiger partial charge in [0.1, 0.15) is 0 Å². The number of rotatable bonds is 6. The van der Waals surface area contributed by atoms with Crippen LogP contribution in [0.4, 0.5) is 0 Å². The molecule has 19 heavy (non-hydrogen) atoms. The number of aliphatic carboxylic acids is 1. The van der Waals surface area contributed by atoms with Crippen molar-refractivity contribution in [3.63, 3.8) is 0 Å². The topological polar surface area (TPSA) is 70.0 Å². The molecule has 0 amide bonds. The third-order valence-corrected chi connectivity index (χ3v) is 3.00. The molecule has 0 aliphatic carbocycles. The average Bonchev–Trinajstić information content (AvgIpc) is 2.32. The van der Waals surface area contributed by atoms with Gasteiger partial charge in [-0.3, -0.25) is 4.79 Å². The van der Waals surface area contributed by atoms with Gasteiger partial charge >= 0.3 is 5.97 Å². The molecule has 0 heterocycles. The maximum Gasteiger partial charge on any atom is 0.307 e. The molecular weight excluding hydrogens is 270 g/mol. The van der Waals surface area contributed by atoms with Gasteiger partial charge in [0.25, 0.3) is 0 Å². The van der Waals surface area contributed by atoms with E-state index in [1.54, 1.807) is 20.0 Å². The van der Waals surface area contributed by atoms with Crippen molar-refractivity contribution >= 4 is 17.6 Å². The molecule has 0 fully saturated rings. The summed E-state index contributed by atoms with van der Waals surface area (Å²) in [7, 11) is 3.23. The van der Waals surface area contributed by atoms with Crippen LogP contribution in [0.2, 0.25) is 5.02 Å². The maximum absolute atomic E-state index is 10.8. The van der Waals surface area contributed by atoms with Crippen molar-refractivity contribution in [3.05, 3.63) is 22.7 Å². The molecule has 106 valence electrons. The Bertz CT molecular complexity index is 464. The zero-order chi connectivity index (χ0) is 14.6. The monoisotopic (exact) mass is 287 g/mol. The number of carboxylic acids is 1. The predicted molar refractivity (Wildman–Crippen MR) is 72.8 cm³/mol. The van der Waals surface area contributed by atoms with Crippen LogP contribution in [0.3, 0.4) is 0 Å². The van der Waals surface area contributed by atoms with Crippen LogP contribution in [0.1, 0.15) is 12.5 Å². The van der Waals surface area contributed by atoms with Crippen molar-refractivity contribution in [2.75, 3.05) is 20.7 Å². The fourth-order valence-electron chi connectivity index (χ4n) is 1.81. The van der Waals surface area contributed by atoms with E-state index in [1.807, 2.05) is 4.90 Å². The molecule has 0 saturated carbocycles. The highest BCUT2D eigenvalue weighted by molar-refractivity contribution is 6.30. The second-order valence-electron chi connectivity index (χ2n) is 4.55.